The minimum atomic E-state index is -0.118. The molecule has 1 aromatic carbocycles. The molecule has 0 aliphatic heterocycles. The van der Waals surface area contributed by atoms with Crippen LogP contribution in [0.15, 0.2) is 29.8 Å². The Bertz CT molecular complexity index is 669. The topological polar surface area (TPSA) is 68.0 Å². The van der Waals surface area contributed by atoms with Crippen LogP contribution in [0.3, 0.4) is 0 Å². The van der Waals surface area contributed by atoms with Crippen LogP contribution < -0.4 is 11.1 Å². The van der Waals surface area contributed by atoms with Gasteiger partial charge in [-0.25, -0.2) is 4.98 Å². The lowest BCUT2D eigenvalue weighted by atomic mass is 10.0. The largest absolute Gasteiger partial charge is 0.352 e. The molecule has 3 N–H and O–H groups in total. The maximum atomic E-state index is 12.2. The number of carbonyl (C=O) groups excluding carboxylic acids is 1. The van der Waals surface area contributed by atoms with Gasteiger partial charge in [0, 0.05) is 30.1 Å². The van der Waals surface area contributed by atoms with E-state index in [2.05, 4.69) is 22.1 Å². The number of rotatable bonds is 4. The van der Waals surface area contributed by atoms with E-state index in [1.165, 1.54) is 0 Å². The molecule has 0 saturated heterocycles. The van der Waals surface area contributed by atoms with Crippen LogP contribution in [0, 0.1) is 18.8 Å². The van der Waals surface area contributed by atoms with Crippen molar-refractivity contribution >= 4 is 17.2 Å². The van der Waals surface area contributed by atoms with Crippen molar-refractivity contribution in [2.24, 2.45) is 5.73 Å². The number of amides is 1. The molecule has 0 unspecified atom stereocenters. The van der Waals surface area contributed by atoms with E-state index < -0.39 is 0 Å². The lowest BCUT2D eigenvalue weighted by Crippen LogP contribution is -2.26. The number of nitrogens with zero attached hydrogens (tertiary/aromatic N) is 1. The van der Waals surface area contributed by atoms with Crippen molar-refractivity contribution in [2.45, 2.75) is 13.3 Å². The summed E-state index contributed by atoms with van der Waals surface area (Å²) >= 11 is 1.59. The Kier molecular flexibility index (Phi) is 5.50. The number of hydrogen-bond donors (Lipinski definition) is 2. The molecule has 5 heteroatoms. The third-order valence-corrected chi connectivity index (χ3v) is 3.69. The molecule has 1 aromatic heterocycles. The van der Waals surface area contributed by atoms with E-state index in [4.69, 9.17) is 5.73 Å². The molecular formula is C16H17N3OS. The fourth-order valence-electron chi connectivity index (χ4n) is 1.86. The Balaban J connectivity index is 2.04. The Morgan fingerprint density at radius 1 is 1.48 bits per heavy atom. The molecule has 2 aromatic rings. The quantitative estimate of drug-likeness (QED) is 0.845. The summed E-state index contributed by atoms with van der Waals surface area (Å²) in [6, 6.07) is 5.61. The highest BCUT2D eigenvalue weighted by Crippen LogP contribution is 2.11. The minimum Gasteiger partial charge on any atom is -0.352 e. The molecule has 1 amide bonds. The van der Waals surface area contributed by atoms with E-state index in [1.807, 2.05) is 24.4 Å². The number of aromatic nitrogens is 1. The number of thiazole rings is 1. The minimum absolute atomic E-state index is 0.118. The van der Waals surface area contributed by atoms with Gasteiger partial charge in [0.2, 0.25) is 0 Å². The first kappa shape index (κ1) is 15.2. The van der Waals surface area contributed by atoms with Gasteiger partial charge in [0.25, 0.3) is 5.91 Å². The predicted octanol–water partition coefficient (Wildman–Crippen LogP) is 1.73. The van der Waals surface area contributed by atoms with Gasteiger partial charge in [-0.3, -0.25) is 4.79 Å². The Labute approximate surface area is 128 Å². The van der Waals surface area contributed by atoms with Crippen molar-refractivity contribution in [3.05, 3.63) is 51.5 Å². The maximum absolute atomic E-state index is 12.2. The van der Waals surface area contributed by atoms with Crippen LogP contribution in [0.1, 0.15) is 26.5 Å². The van der Waals surface area contributed by atoms with E-state index in [1.54, 1.807) is 23.6 Å². The van der Waals surface area contributed by atoms with Crippen LogP contribution in [-0.4, -0.2) is 24.0 Å². The summed E-state index contributed by atoms with van der Waals surface area (Å²) in [5.74, 6) is 5.63. The summed E-state index contributed by atoms with van der Waals surface area (Å²) in [5, 5.41) is 5.85. The van der Waals surface area contributed by atoms with Crippen LogP contribution in [0.2, 0.25) is 0 Å². The van der Waals surface area contributed by atoms with Crippen LogP contribution in [0.4, 0.5) is 0 Å². The molecule has 108 valence electrons. The van der Waals surface area contributed by atoms with E-state index in [9.17, 15) is 4.79 Å². The zero-order valence-electron chi connectivity index (χ0n) is 11.8. The van der Waals surface area contributed by atoms with E-state index >= 15 is 0 Å². The second-order valence-corrected chi connectivity index (χ2v) is 5.47. The summed E-state index contributed by atoms with van der Waals surface area (Å²) in [6.07, 6.45) is 2.50. The van der Waals surface area contributed by atoms with Crippen molar-refractivity contribution in [3.8, 4) is 11.8 Å². The number of hydrogen-bond acceptors (Lipinski definition) is 4. The number of nitrogens with one attached hydrogen (secondary N) is 1. The number of nitrogens with two attached hydrogens (primary N) is 1. The summed E-state index contributed by atoms with van der Waals surface area (Å²) in [7, 11) is 0. The monoisotopic (exact) mass is 299 g/mol. The normalized spacial score (nSPS) is 9.81. The average molecular weight is 299 g/mol. The van der Waals surface area contributed by atoms with Crippen molar-refractivity contribution in [2.75, 3.05) is 13.1 Å². The highest BCUT2D eigenvalue weighted by atomic mass is 32.1. The molecular weight excluding hydrogens is 282 g/mol. The van der Waals surface area contributed by atoms with Crippen LogP contribution in [0.5, 0.6) is 0 Å². The lowest BCUT2D eigenvalue weighted by Gasteiger charge is -2.07. The van der Waals surface area contributed by atoms with Gasteiger partial charge in [0.1, 0.15) is 0 Å². The van der Waals surface area contributed by atoms with Gasteiger partial charge in [0.15, 0.2) is 0 Å². The third kappa shape index (κ3) is 4.42. The smallest absolute Gasteiger partial charge is 0.252 e. The summed E-state index contributed by atoms with van der Waals surface area (Å²) in [4.78, 5) is 16.4. The van der Waals surface area contributed by atoms with E-state index in [-0.39, 0.29) is 12.5 Å². The SMILES string of the molecule is Cc1ccc(C(=O)NCCc2nccs2)c(C#CCN)c1. The van der Waals surface area contributed by atoms with Gasteiger partial charge in [-0.05, 0) is 24.6 Å². The third-order valence-electron chi connectivity index (χ3n) is 2.85. The van der Waals surface area contributed by atoms with Crippen LogP contribution in [-0.2, 0) is 6.42 Å². The zero-order valence-corrected chi connectivity index (χ0v) is 12.7. The molecule has 0 atom stereocenters. The molecule has 0 bridgehead atoms. The first-order valence-corrected chi connectivity index (χ1v) is 7.55. The molecule has 0 aliphatic carbocycles. The first-order valence-electron chi connectivity index (χ1n) is 6.67. The zero-order chi connectivity index (χ0) is 15.1. The van der Waals surface area contributed by atoms with Crippen molar-refractivity contribution in [1.29, 1.82) is 0 Å². The molecule has 2 rings (SSSR count). The number of aryl methyl sites for hydroxylation is 1. The Morgan fingerprint density at radius 2 is 2.33 bits per heavy atom. The van der Waals surface area contributed by atoms with Gasteiger partial charge in [-0.1, -0.05) is 17.9 Å². The predicted molar refractivity (Wildman–Crippen MR) is 85.3 cm³/mol. The van der Waals surface area contributed by atoms with Crippen molar-refractivity contribution < 1.29 is 4.79 Å². The summed E-state index contributed by atoms with van der Waals surface area (Å²) < 4.78 is 0. The van der Waals surface area contributed by atoms with E-state index in [0.717, 1.165) is 17.0 Å². The molecule has 0 spiro atoms. The van der Waals surface area contributed by atoms with Crippen molar-refractivity contribution in [3.63, 3.8) is 0 Å². The molecule has 0 saturated carbocycles. The molecule has 0 aliphatic rings. The molecule has 1 heterocycles. The van der Waals surface area contributed by atoms with Gasteiger partial charge in [-0.15, -0.1) is 11.3 Å². The highest BCUT2D eigenvalue weighted by molar-refractivity contribution is 7.09. The highest BCUT2D eigenvalue weighted by Gasteiger charge is 2.10. The first-order chi connectivity index (χ1) is 10.2. The fourth-order valence-corrected chi connectivity index (χ4v) is 2.48. The Hall–Kier alpha value is -2.16. The maximum Gasteiger partial charge on any atom is 0.252 e. The standard InChI is InChI=1S/C16H17N3OS/c1-12-4-5-14(13(11-12)3-2-7-17)16(20)19-8-6-15-18-9-10-21-15/h4-5,9-11H,6-8,17H2,1H3,(H,19,20). The Morgan fingerprint density at radius 3 is 3.05 bits per heavy atom. The van der Waals surface area contributed by atoms with Crippen molar-refractivity contribution in [1.82, 2.24) is 10.3 Å². The summed E-state index contributed by atoms with van der Waals surface area (Å²) in [5.41, 5.74) is 7.76. The van der Waals surface area contributed by atoms with Crippen LogP contribution in [0.25, 0.3) is 0 Å². The van der Waals surface area contributed by atoms with Crippen LogP contribution >= 0.6 is 11.3 Å². The average Bonchev–Trinajstić information content (AvgIpc) is 2.98. The summed E-state index contributed by atoms with van der Waals surface area (Å²) in [6.45, 7) is 2.81. The molecule has 21 heavy (non-hydrogen) atoms. The fraction of sp³-hybridized carbons (Fsp3) is 0.250. The van der Waals surface area contributed by atoms with E-state index in [0.29, 0.717) is 17.7 Å². The van der Waals surface area contributed by atoms with Gasteiger partial charge >= 0.3 is 0 Å². The molecule has 0 radical (unpaired) electrons. The number of benzene rings is 1. The molecule has 4 nitrogen and oxygen atoms in total. The van der Waals surface area contributed by atoms with Gasteiger partial charge < -0.3 is 11.1 Å². The molecule has 0 fully saturated rings. The second-order valence-electron chi connectivity index (χ2n) is 4.49. The van der Waals surface area contributed by atoms with Gasteiger partial charge in [-0.2, -0.15) is 0 Å². The number of carbonyl (C=O) groups is 1. The second kappa shape index (κ2) is 7.58. The van der Waals surface area contributed by atoms with Gasteiger partial charge in [0.05, 0.1) is 17.1 Å². The lowest BCUT2D eigenvalue weighted by molar-refractivity contribution is 0.0954.